The monoisotopic (exact) mass is 277 g/mol. The van der Waals surface area contributed by atoms with Gasteiger partial charge in [-0.05, 0) is 40.8 Å². The fourth-order valence-electron chi connectivity index (χ4n) is 2.41. The lowest BCUT2D eigenvalue weighted by molar-refractivity contribution is 0.371. The largest absolute Gasteiger partial charge is 0.337 e. The van der Waals surface area contributed by atoms with Gasteiger partial charge in [-0.3, -0.25) is 0 Å². The molecule has 1 fully saturated rings. The van der Waals surface area contributed by atoms with Crippen molar-refractivity contribution in [3.63, 3.8) is 0 Å². The van der Waals surface area contributed by atoms with Gasteiger partial charge in [0.1, 0.15) is 0 Å². The number of aromatic nitrogens is 2. The second-order valence-electron chi connectivity index (χ2n) is 5.94. The minimum absolute atomic E-state index is 0.408. The van der Waals surface area contributed by atoms with E-state index < -0.39 is 0 Å². The van der Waals surface area contributed by atoms with Gasteiger partial charge < -0.3 is 15.1 Å². The van der Waals surface area contributed by atoms with E-state index in [9.17, 15) is 0 Å². The van der Waals surface area contributed by atoms with Crippen molar-refractivity contribution in [3.05, 3.63) is 18.0 Å². The van der Waals surface area contributed by atoms with Crippen molar-refractivity contribution in [1.82, 2.24) is 20.2 Å². The summed E-state index contributed by atoms with van der Waals surface area (Å²) < 4.78 is 0. The van der Waals surface area contributed by atoms with Crippen LogP contribution >= 0.6 is 0 Å². The predicted molar refractivity (Wildman–Crippen MR) is 82.9 cm³/mol. The lowest BCUT2D eigenvalue weighted by atomic mass is 10.2. The Hall–Kier alpha value is -1.20. The summed E-state index contributed by atoms with van der Waals surface area (Å²) in [5.41, 5.74) is 1.16. The minimum atomic E-state index is 0.408. The molecule has 5 nitrogen and oxygen atoms in total. The topological polar surface area (TPSA) is 44.3 Å². The third-order valence-electron chi connectivity index (χ3n) is 3.62. The second-order valence-corrected chi connectivity index (χ2v) is 5.94. The molecule has 0 saturated heterocycles. The third kappa shape index (κ3) is 4.42. The SMILES string of the molecule is CCN(c1ncc(CNC2CC2)cn1)C(C)CN(C)C. The molecule has 1 heterocycles. The maximum Gasteiger partial charge on any atom is 0.225 e. The minimum Gasteiger partial charge on any atom is -0.337 e. The van der Waals surface area contributed by atoms with E-state index in [0.29, 0.717) is 6.04 Å². The molecule has 1 aliphatic carbocycles. The zero-order chi connectivity index (χ0) is 14.5. The highest BCUT2D eigenvalue weighted by molar-refractivity contribution is 5.31. The Morgan fingerprint density at radius 2 is 1.95 bits per heavy atom. The first-order valence-corrected chi connectivity index (χ1v) is 7.55. The van der Waals surface area contributed by atoms with Crippen LogP contribution in [0.3, 0.4) is 0 Å². The molecule has 1 saturated carbocycles. The molecule has 5 heteroatoms. The molecule has 1 aromatic rings. The van der Waals surface area contributed by atoms with E-state index in [1.807, 2.05) is 12.4 Å². The van der Waals surface area contributed by atoms with Gasteiger partial charge in [0.15, 0.2) is 0 Å². The average molecular weight is 277 g/mol. The van der Waals surface area contributed by atoms with Gasteiger partial charge >= 0.3 is 0 Å². The standard InChI is InChI=1S/C15H27N5/c1-5-20(12(2)11-19(3)4)15-17-9-13(10-18-15)8-16-14-6-7-14/h9-10,12,14,16H,5-8,11H2,1-4H3. The average Bonchev–Trinajstić information content (AvgIpc) is 3.22. The first kappa shape index (κ1) is 15.2. The maximum absolute atomic E-state index is 4.53. The molecule has 1 unspecified atom stereocenters. The summed E-state index contributed by atoms with van der Waals surface area (Å²) in [5, 5.41) is 3.48. The van der Waals surface area contributed by atoms with Crippen molar-refractivity contribution in [2.75, 3.05) is 32.1 Å². The van der Waals surface area contributed by atoms with Crippen LogP contribution in [0.15, 0.2) is 12.4 Å². The van der Waals surface area contributed by atoms with Crippen LogP contribution in [0.4, 0.5) is 5.95 Å². The van der Waals surface area contributed by atoms with Gasteiger partial charge in [0.25, 0.3) is 0 Å². The van der Waals surface area contributed by atoms with Crippen molar-refractivity contribution in [3.8, 4) is 0 Å². The maximum atomic E-state index is 4.53. The molecular formula is C15H27N5. The Morgan fingerprint density at radius 3 is 2.45 bits per heavy atom. The summed E-state index contributed by atoms with van der Waals surface area (Å²) in [6, 6.07) is 1.13. The molecule has 112 valence electrons. The summed E-state index contributed by atoms with van der Waals surface area (Å²) in [6.07, 6.45) is 6.51. The number of nitrogens with one attached hydrogen (secondary N) is 1. The molecule has 0 amide bonds. The van der Waals surface area contributed by atoms with Crippen molar-refractivity contribution in [1.29, 1.82) is 0 Å². The number of rotatable bonds is 8. The summed E-state index contributed by atoms with van der Waals surface area (Å²) in [7, 11) is 4.19. The normalized spacial score (nSPS) is 16.4. The Bertz CT molecular complexity index is 399. The van der Waals surface area contributed by atoms with Gasteiger partial charge in [0, 0.05) is 49.7 Å². The van der Waals surface area contributed by atoms with Gasteiger partial charge in [-0.1, -0.05) is 0 Å². The Labute approximate surface area is 122 Å². The van der Waals surface area contributed by atoms with Gasteiger partial charge in [-0.25, -0.2) is 9.97 Å². The third-order valence-corrected chi connectivity index (χ3v) is 3.62. The summed E-state index contributed by atoms with van der Waals surface area (Å²) in [6.45, 7) is 7.18. The molecule has 0 aliphatic heterocycles. The second kappa shape index (κ2) is 6.99. The van der Waals surface area contributed by atoms with Crippen molar-refractivity contribution >= 4 is 5.95 Å². The molecule has 1 N–H and O–H groups in total. The summed E-state index contributed by atoms with van der Waals surface area (Å²) in [4.78, 5) is 13.5. The Morgan fingerprint density at radius 1 is 1.30 bits per heavy atom. The number of anilines is 1. The fourth-order valence-corrected chi connectivity index (χ4v) is 2.41. The van der Waals surface area contributed by atoms with E-state index in [2.05, 4.69) is 53.0 Å². The quantitative estimate of drug-likeness (QED) is 0.780. The van der Waals surface area contributed by atoms with Gasteiger partial charge in [-0.15, -0.1) is 0 Å². The lowest BCUT2D eigenvalue weighted by Gasteiger charge is -2.30. The molecule has 2 rings (SSSR count). The lowest BCUT2D eigenvalue weighted by Crippen LogP contribution is -2.41. The van der Waals surface area contributed by atoms with Crippen molar-refractivity contribution in [2.45, 2.75) is 45.3 Å². The van der Waals surface area contributed by atoms with E-state index in [1.165, 1.54) is 12.8 Å². The Balaban J connectivity index is 1.94. The van der Waals surface area contributed by atoms with E-state index in [0.717, 1.165) is 37.2 Å². The zero-order valence-corrected chi connectivity index (χ0v) is 13.1. The molecule has 0 aromatic carbocycles. The van der Waals surface area contributed by atoms with E-state index in [1.54, 1.807) is 0 Å². The molecule has 0 bridgehead atoms. The van der Waals surface area contributed by atoms with Crippen LogP contribution in [0.25, 0.3) is 0 Å². The molecule has 0 spiro atoms. The van der Waals surface area contributed by atoms with Crippen LogP contribution in [-0.2, 0) is 6.54 Å². The highest BCUT2D eigenvalue weighted by Crippen LogP contribution is 2.19. The molecule has 20 heavy (non-hydrogen) atoms. The van der Waals surface area contributed by atoms with E-state index in [-0.39, 0.29) is 0 Å². The van der Waals surface area contributed by atoms with Crippen LogP contribution in [-0.4, -0.2) is 54.1 Å². The predicted octanol–water partition coefficient (Wildman–Crippen LogP) is 1.50. The van der Waals surface area contributed by atoms with E-state index in [4.69, 9.17) is 0 Å². The number of likely N-dealkylation sites (N-methyl/N-ethyl adjacent to an activating group) is 2. The first-order chi connectivity index (χ1) is 9.60. The fraction of sp³-hybridized carbons (Fsp3) is 0.733. The van der Waals surface area contributed by atoms with Crippen LogP contribution < -0.4 is 10.2 Å². The molecule has 1 atom stereocenters. The van der Waals surface area contributed by atoms with Crippen LogP contribution in [0, 0.1) is 0 Å². The molecular weight excluding hydrogens is 250 g/mol. The van der Waals surface area contributed by atoms with Crippen molar-refractivity contribution < 1.29 is 0 Å². The highest BCUT2D eigenvalue weighted by atomic mass is 15.3. The van der Waals surface area contributed by atoms with Crippen LogP contribution in [0.2, 0.25) is 0 Å². The van der Waals surface area contributed by atoms with Crippen LogP contribution in [0.1, 0.15) is 32.3 Å². The number of nitrogens with zero attached hydrogens (tertiary/aromatic N) is 4. The number of hydrogen-bond acceptors (Lipinski definition) is 5. The summed E-state index contributed by atoms with van der Waals surface area (Å²) >= 11 is 0. The summed E-state index contributed by atoms with van der Waals surface area (Å²) in [5.74, 6) is 0.831. The molecule has 0 radical (unpaired) electrons. The van der Waals surface area contributed by atoms with Gasteiger partial charge in [0.2, 0.25) is 5.95 Å². The first-order valence-electron chi connectivity index (χ1n) is 7.55. The van der Waals surface area contributed by atoms with E-state index >= 15 is 0 Å². The highest BCUT2D eigenvalue weighted by Gasteiger charge is 2.20. The number of hydrogen-bond donors (Lipinski definition) is 1. The molecule has 1 aromatic heterocycles. The molecule has 1 aliphatic rings. The smallest absolute Gasteiger partial charge is 0.225 e. The van der Waals surface area contributed by atoms with Gasteiger partial charge in [-0.2, -0.15) is 0 Å². The van der Waals surface area contributed by atoms with Crippen molar-refractivity contribution in [2.24, 2.45) is 0 Å². The Kier molecular flexibility index (Phi) is 5.31. The van der Waals surface area contributed by atoms with Gasteiger partial charge in [0.05, 0.1) is 0 Å². The zero-order valence-electron chi connectivity index (χ0n) is 13.1. The van der Waals surface area contributed by atoms with Crippen LogP contribution in [0.5, 0.6) is 0 Å².